The Morgan fingerprint density at radius 2 is 2.13 bits per heavy atom. The van der Waals surface area contributed by atoms with Crippen molar-refractivity contribution < 1.29 is 8.81 Å². The number of rotatable bonds is 4. The van der Waals surface area contributed by atoms with Gasteiger partial charge in [0.05, 0.1) is 11.5 Å². The largest absolute Gasteiger partial charge is 0.432 e. The van der Waals surface area contributed by atoms with Crippen LogP contribution in [0.2, 0.25) is 0 Å². The normalized spacial score (nSPS) is 12.8. The quantitative estimate of drug-likeness (QED) is 0.572. The number of nitrogens with one attached hydrogen (secondary N) is 1. The molecule has 116 valence electrons. The maximum absolute atomic E-state index is 13.2. The van der Waals surface area contributed by atoms with Gasteiger partial charge in [-0.15, -0.1) is 0 Å². The summed E-state index contributed by atoms with van der Waals surface area (Å²) < 4.78 is 20.2. The standard InChI is InChI=1S/C16H14FN5O/c1-10(19)20-13(6-7-18)15-14(11-2-4-12(17)5-3-11)21-16-22(15)8-9-23-16/h2-9,18H,1H3,(H2,19,20)/b13-6-,18-7?. The number of imidazole rings is 1. The van der Waals surface area contributed by atoms with E-state index in [2.05, 4.69) is 9.98 Å². The molecule has 0 spiro atoms. The third kappa shape index (κ3) is 2.76. The zero-order valence-electron chi connectivity index (χ0n) is 12.3. The zero-order valence-corrected chi connectivity index (χ0v) is 12.3. The molecule has 0 radical (unpaired) electrons. The van der Waals surface area contributed by atoms with Crippen LogP contribution in [-0.4, -0.2) is 21.4 Å². The van der Waals surface area contributed by atoms with Crippen molar-refractivity contribution in [3.63, 3.8) is 0 Å². The number of hydrogen-bond acceptors (Lipinski definition) is 4. The second-order valence-corrected chi connectivity index (χ2v) is 4.84. The van der Waals surface area contributed by atoms with Gasteiger partial charge >= 0.3 is 5.84 Å². The summed E-state index contributed by atoms with van der Waals surface area (Å²) >= 11 is 0. The Kier molecular flexibility index (Phi) is 3.76. The maximum Gasteiger partial charge on any atom is 0.306 e. The fraction of sp³-hybridized carbons (Fsp3) is 0.0625. The first-order valence-corrected chi connectivity index (χ1v) is 6.83. The molecule has 3 aromatic rings. The monoisotopic (exact) mass is 311 g/mol. The number of fused-ring (bicyclic) bond motifs is 1. The average molecular weight is 311 g/mol. The summed E-state index contributed by atoms with van der Waals surface area (Å²) in [7, 11) is 0. The van der Waals surface area contributed by atoms with Crippen molar-refractivity contribution in [1.82, 2.24) is 9.38 Å². The van der Waals surface area contributed by atoms with E-state index in [1.165, 1.54) is 24.5 Å². The van der Waals surface area contributed by atoms with Gasteiger partial charge in [0, 0.05) is 18.0 Å². The van der Waals surface area contributed by atoms with Crippen molar-refractivity contribution in [2.45, 2.75) is 6.92 Å². The second kappa shape index (κ2) is 5.88. The number of aliphatic imine (C=N–C) groups is 1. The van der Waals surface area contributed by atoms with Crippen molar-refractivity contribution in [2.24, 2.45) is 10.7 Å². The van der Waals surface area contributed by atoms with Gasteiger partial charge in [0.2, 0.25) is 0 Å². The molecule has 0 saturated heterocycles. The summed E-state index contributed by atoms with van der Waals surface area (Å²) in [5.74, 6) is 0.394. The van der Waals surface area contributed by atoms with E-state index in [1.807, 2.05) is 0 Å². The van der Waals surface area contributed by atoms with Gasteiger partial charge in [0.25, 0.3) is 0 Å². The molecular weight excluding hydrogens is 297 g/mol. The van der Waals surface area contributed by atoms with Gasteiger partial charge in [-0.2, -0.15) is 4.98 Å². The van der Waals surface area contributed by atoms with Crippen LogP contribution in [0.3, 0.4) is 0 Å². The van der Waals surface area contributed by atoms with Crippen LogP contribution in [0.5, 0.6) is 0 Å². The van der Waals surface area contributed by atoms with Crippen LogP contribution in [-0.2, 0) is 0 Å². The number of oxazole rings is 1. The molecule has 0 aliphatic heterocycles. The van der Waals surface area contributed by atoms with E-state index in [0.717, 1.165) is 6.21 Å². The Hall–Kier alpha value is -3.22. The van der Waals surface area contributed by atoms with Crippen molar-refractivity contribution in [2.75, 3.05) is 0 Å². The fourth-order valence-electron chi connectivity index (χ4n) is 2.28. The topological polar surface area (TPSA) is 92.7 Å². The zero-order chi connectivity index (χ0) is 16.4. The van der Waals surface area contributed by atoms with Gasteiger partial charge < -0.3 is 15.6 Å². The summed E-state index contributed by atoms with van der Waals surface area (Å²) in [4.78, 5) is 8.70. The molecule has 0 amide bonds. The van der Waals surface area contributed by atoms with Gasteiger partial charge in [-0.05, 0) is 37.3 Å². The number of allylic oxidation sites excluding steroid dienone is 1. The Morgan fingerprint density at radius 1 is 1.39 bits per heavy atom. The van der Waals surface area contributed by atoms with Gasteiger partial charge in [0.15, 0.2) is 0 Å². The molecule has 1 aromatic carbocycles. The number of halogens is 1. The molecule has 0 fully saturated rings. The Balaban J connectivity index is 2.29. The van der Waals surface area contributed by atoms with Gasteiger partial charge in [-0.25, -0.2) is 9.38 Å². The van der Waals surface area contributed by atoms with Crippen LogP contribution in [0.1, 0.15) is 12.6 Å². The first-order valence-electron chi connectivity index (χ1n) is 6.83. The highest BCUT2D eigenvalue weighted by Crippen LogP contribution is 2.30. The summed E-state index contributed by atoms with van der Waals surface area (Å²) in [5.41, 5.74) is 8.06. The summed E-state index contributed by atoms with van der Waals surface area (Å²) in [6.45, 7) is 1.66. The van der Waals surface area contributed by atoms with Crippen LogP contribution in [0.25, 0.3) is 22.8 Å². The lowest BCUT2D eigenvalue weighted by Crippen LogP contribution is -2.06. The lowest BCUT2D eigenvalue weighted by atomic mass is 10.1. The average Bonchev–Trinajstić information content (AvgIpc) is 3.07. The third-order valence-corrected chi connectivity index (χ3v) is 3.16. The van der Waals surface area contributed by atoms with Crippen molar-refractivity contribution in [3.05, 3.63) is 54.3 Å². The smallest absolute Gasteiger partial charge is 0.306 e. The lowest BCUT2D eigenvalue weighted by Gasteiger charge is -2.05. The van der Waals surface area contributed by atoms with Crippen LogP contribution in [0.4, 0.5) is 4.39 Å². The van der Waals surface area contributed by atoms with Gasteiger partial charge in [0.1, 0.15) is 23.5 Å². The van der Waals surface area contributed by atoms with E-state index in [-0.39, 0.29) is 5.82 Å². The molecule has 0 aliphatic rings. The molecule has 0 saturated carbocycles. The summed E-state index contributed by atoms with van der Waals surface area (Å²) in [5, 5.41) is 7.34. The van der Waals surface area contributed by atoms with E-state index in [0.29, 0.717) is 34.3 Å². The predicted octanol–water partition coefficient (Wildman–Crippen LogP) is 3.10. The van der Waals surface area contributed by atoms with Crippen LogP contribution in [0.15, 0.2) is 52.2 Å². The summed E-state index contributed by atoms with van der Waals surface area (Å²) in [6, 6.07) is 5.97. The maximum atomic E-state index is 13.2. The van der Waals surface area contributed by atoms with Crippen LogP contribution < -0.4 is 5.73 Å². The number of aromatic nitrogens is 2. The molecule has 6 nitrogen and oxygen atoms in total. The van der Waals surface area contributed by atoms with Gasteiger partial charge in [-0.1, -0.05) is 0 Å². The van der Waals surface area contributed by atoms with Crippen molar-refractivity contribution in [3.8, 4) is 11.3 Å². The second-order valence-electron chi connectivity index (χ2n) is 4.84. The first kappa shape index (κ1) is 14.7. The van der Waals surface area contributed by atoms with Crippen LogP contribution in [0, 0.1) is 11.2 Å². The summed E-state index contributed by atoms with van der Waals surface area (Å²) in [6.07, 6.45) is 5.83. The minimum absolute atomic E-state index is 0.329. The van der Waals surface area contributed by atoms with E-state index in [1.54, 1.807) is 29.7 Å². The molecule has 7 heteroatoms. The molecule has 0 bridgehead atoms. The lowest BCUT2D eigenvalue weighted by molar-refractivity contribution is 0.596. The molecule has 0 atom stereocenters. The highest BCUT2D eigenvalue weighted by Gasteiger charge is 2.19. The van der Waals surface area contributed by atoms with E-state index < -0.39 is 0 Å². The van der Waals surface area contributed by atoms with E-state index >= 15 is 0 Å². The molecular formula is C16H14FN5O. The van der Waals surface area contributed by atoms with Gasteiger partial charge in [-0.3, -0.25) is 4.40 Å². The Bertz CT molecular complexity index is 914. The number of benzene rings is 1. The van der Waals surface area contributed by atoms with E-state index in [4.69, 9.17) is 15.6 Å². The highest BCUT2D eigenvalue weighted by atomic mass is 19.1. The van der Waals surface area contributed by atoms with Crippen molar-refractivity contribution in [1.29, 1.82) is 5.41 Å². The molecule has 2 heterocycles. The van der Waals surface area contributed by atoms with Crippen LogP contribution >= 0.6 is 0 Å². The fourth-order valence-corrected chi connectivity index (χ4v) is 2.28. The third-order valence-electron chi connectivity index (χ3n) is 3.16. The minimum Gasteiger partial charge on any atom is -0.432 e. The molecule has 0 unspecified atom stereocenters. The molecule has 3 rings (SSSR count). The van der Waals surface area contributed by atoms with Crippen molar-refractivity contribution >= 4 is 23.6 Å². The molecule has 3 N–H and O–H groups in total. The molecule has 23 heavy (non-hydrogen) atoms. The Labute approximate surface area is 131 Å². The number of hydrogen-bond donors (Lipinski definition) is 2. The predicted molar refractivity (Wildman–Crippen MR) is 86.9 cm³/mol. The Morgan fingerprint density at radius 3 is 2.78 bits per heavy atom. The molecule has 2 aromatic heterocycles. The molecule has 0 aliphatic carbocycles. The highest BCUT2D eigenvalue weighted by molar-refractivity contribution is 5.92. The minimum atomic E-state index is -0.329. The first-order chi connectivity index (χ1) is 11.1. The van der Waals surface area contributed by atoms with E-state index in [9.17, 15) is 4.39 Å². The number of nitrogens with two attached hydrogens (primary N) is 1. The number of amidine groups is 1. The SMILES string of the molecule is CC(N)=N/C(=C\C=N)c1c(-c2ccc(F)cc2)nc2occn12. The number of nitrogens with zero attached hydrogens (tertiary/aromatic N) is 3.